The number of benzene rings is 1. The summed E-state index contributed by atoms with van der Waals surface area (Å²) in [6.07, 6.45) is 4.67. The summed E-state index contributed by atoms with van der Waals surface area (Å²) in [4.78, 5) is 24.3. The second-order valence-electron chi connectivity index (χ2n) is 7.26. The molecule has 3 heterocycles. The standard InChI is InChI=1S/C21H26N4O3/c1-27-16-3-4-17(19(11-16)28-2)21(26)25-9-6-14(7-10-25)20-23-13-15-12-22-8-5-18(15)24-20/h3-4,11,13-14,22H,5-10,12H2,1-2H3. The smallest absolute Gasteiger partial charge is 0.257 e. The van der Waals surface area contributed by atoms with Crippen LogP contribution < -0.4 is 14.8 Å². The van der Waals surface area contributed by atoms with Gasteiger partial charge in [-0.2, -0.15) is 0 Å². The Morgan fingerprint density at radius 3 is 2.79 bits per heavy atom. The van der Waals surface area contributed by atoms with Gasteiger partial charge in [0.05, 0.1) is 19.8 Å². The largest absolute Gasteiger partial charge is 0.497 e. The third-order valence-electron chi connectivity index (χ3n) is 5.61. The predicted octanol–water partition coefficient (Wildman–Crippen LogP) is 2.16. The highest BCUT2D eigenvalue weighted by molar-refractivity contribution is 5.97. The van der Waals surface area contributed by atoms with E-state index >= 15 is 0 Å². The second-order valence-corrected chi connectivity index (χ2v) is 7.26. The molecule has 1 amide bonds. The maximum Gasteiger partial charge on any atom is 0.257 e. The summed E-state index contributed by atoms with van der Waals surface area (Å²) >= 11 is 0. The molecule has 0 radical (unpaired) electrons. The molecule has 0 bridgehead atoms. The molecule has 4 rings (SSSR count). The molecule has 0 atom stereocenters. The van der Waals surface area contributed by atoms with E-state index in [1.807, 2.05) is 11.1 Å². The third kappa shape index (κ3) is 3.67. The van der Waals surface area contributed by atoms with Crippen LogP contribution in [0.1, 0.15) is 46.2 Å². The lowest BCUT2D eigenvalue weighted by Gasteiger charge is -2.32. The minimum Gasteiger partial charge on any atom is -0.497 e. The first-order valence-corrected chi connectivity index (χ1v) is 9.76. The molecule has 1 aromatic heterocycles. The molecule has 7 heteroatoms. The SMILES string of the molecule is COc1ccc(C(=O)N2CCC(c3ncc4c(n3)CCNC4)CC2)c(OC)c1. The fourth-order valence-electron chi connectivity index (χ4n) is 3.93. The molecule has 28 heavy (non-hydrogen) atoms. The van der Waals surface area contributed by atoms with Crippen molar-refractivity contribution in [2.24, 2.45) is 0 Å². The number of hydrogen-bond donors (Lipinski definition) is 1. The first-order chi connectivity index (χ1) is 13.7. The molecular weight excluding hydrogens is 356 g/mol. The maximum absolute atomic E-state index is 13.0. The van der Waals surface area contributed by atoms with Gasteiger partial charge in [0.15, 0.2) is 0 Å². The number of amides is 1. The molecule has 148 valence electrons. The van der Waals surface area contributed by atoms with Crippen LogP contribution in [-0.2, 0) is 13.0 Å². The Labute approximate surface area is 165 Å². The van der Waals surface area contributed by atoms with Crippen molar-refractivity contribution >= 4 is 5.91 Å². The zero-order valence-electron chi connectivity index (χ0n) is 16.4. The van der Waals surface area contributed by atoms with E-state index < -0.39 is 0 Å². The van der Waals surface area contributed by atoms with Crippen LogP contribution >= 0.6 is 0 Å². The van der Waals surface area contributed by atoms with Crippen LogP contribution in [0.3, 0.4) is 0 Å². The number of piperidine rings is 1. The van der Waals surface area contributed by atoms with E-state index in [2.05, 4.69) is 10.3 Å². The number of carbonyl (C=O) groups excluding carboxylic acids is 1. The maximum atomic E-state index is 13.0. The zero-order valence-corrected chi connectivity index (χ0v) is 16.4. The van der Waals surface area contributed by atoms with E-state index in [0.29, 0.717) is 36.1 Å². The summed E-state index contributed by atoms with van der Waals surface area (Å²) in [7, 11) is 3.17. The van der Waals surface area contributed by atoms with Gasteiger partial charge in [-0.15, -0.1) is 0 Å². The van der Waals surface area contributed by atoms with Crippen molar-refractivity contribution in [1.29, 1.82) is 0 Å². The number of nitrogens with one attached hydrogen (secondary N) is 1. The van der Waals surface area contributed by atoms with Crippen molar-refractivity contribution in [2.75, 3.05) is 33.9 Å². The second kappa shape index (κ2) is 8.14. The summed E-state index contributed by atoms with van der Waals surface area (Å²) in [5, 5.41) is 3.35. The fraction of sp³-hybridized carbons (Fsp3) is 0.476. The van der Waals surface area contributed by atoms with Gasteiger partial charge in [-0.25, -0.2) is 9.97 Å². The van der Waals surface area contributed by atoms with Gasteiger partial charge in [-0.1, -0.05) is 0 Å². The molecule has 1 fully saturated rings. The number of hydrogen-bond acceptors (Lipinski definition) is 6. The Morgan fingerprint density at radius 1 is 1.21 bits per heavy atom. The van der Waals surface area contributed by atoms with Gasteiger partial charge in [0, 0.05) is 62.0 Å². The zero-order chi connectivity index (χ0) is 19.5. The van der Waals surface area contributed by atoms with Gasteiger partial charge >= 0.3 is 0 Å². The van der Waals surface area contributed by atoms with Gasteiger partial charge in [0.1, 0.15) is 17.3 Å². The van der Waals surface area contributed by atoms with Crippen molar-refractivity contribution < 1.29 is 14.3 Å². The van der Waals surface area contributed by atoms with Crippen molar-refractivity contribution in [2.45, 2.75) is 31.7 Å². The Balaban J connectivity index is 1.43. The van der Waals surface area contributed by atoms with Crippen LogP contribution in [0.4, 0.5) is 0 Å². The van der Waals surface area contributed by atoms with Gasteiger partial charge in [0.2, 0.25) is 0 Å². The topological polar surface area (TPSA) is 76.6 Å². The minimum atomic E-state index is -0.00427. The summed E-state index contributed by atoms with van der Waals surface area (Å²) < 4.78 is 10.6. The number of fused-ring (bicyclic) bond motifs is 1. The Bertz CT molecular complexity index is 863. The number of nitrogens with zero attached hydrogens (tertiary/aromatic N) is 3. The summed E-state index contributed by atoms with van der Waals surface area (Å²) in [5.74, 6) is 2.44. The van der Waals surface area contributed by atoms with Crippen LogP contribution in [-0.4, -0.2) is 54.6 Å². The first-order valence-electron chi connectivity index (χ1n) is 9.76. The minimum absolute atomic E-state index is 0.00427. The van der Waals surface area contributed by atoms with Crippen LogP contribution in [0.5, 0.6) is 11.5 Å². The highest BCUT2D eigenvalue weighted by Crippen LogP contribution is 2.30. The van der Waals surface area contributed by atoms with E-state index in [1.54, 1.807) is 32.4 Å². The van der Waals surface area contributed by atoms with Crippen molar-refractivity contribution in [1.82, 2.24) is 20.2 Å². The first kappa shape index (κ1) is 18.7. The normalized spacial score (nSPS) is 17.1. The molecule has 0 aliphatic carbocycles. The lowest BCUT2D eigenvalue weighted by Crippen LogP contribution is -2.38. The molecule has 0 unspecified atom stereocenters. The van der Waals surface area contributed by atoms with Gasteiger partial charge in [0.25, 0.3) is 5.91 Å². The van der Waals surface area contributed by atoms with E-state index in [4.69, 9.17) is 14.5 Å². The van der Waals surface area contributed by atoms with Gasteiger partial charge < -0.3 is 19.7 Å². The summed E-state index contributed by atoms with van der Waals surface area (Å²) in [6, 6.07) is 5.31. The fourth-order valence-corrected chi connectivity index (χ4v) is 3.93. The molecule has 0 saturated carbocycles. The lowest BCUT2D eigenvalue weighted by molar-refractivity contribution is 0.0707. The number of methoxy groups -OCH3 is 2. The van der Waals surface area contributed by atoms with E-state index in [1.165, 1.54) is 11.3 Å². The third-order valence-corrected chi connectivity index (χ3v) is 5.61. The van der Waals surface area contributed by atoms with Crippen LogP contribution in [0.2, 0.25) is 0 Å². The van der Waals surface area contributed by atoms with Crippen LogP contribution in [0.25, 0.3) is 0 Å². The Hall–Kier alpha value is -2.67. The van der Waals surface area contributed by atoms with E-state index in [9.17, 15) is 4.79 Å². The molecule has 0 spiro atoms. The molecule has 1 saturated heterocycles. The molecule has 1 aromatic carbocycles. The predicted molar refractivity (Wildman–Crippen MR) is 105 cm³/mol. The molecule has 7 nitrogen and oxygen atoms in total. The molecule has 2 aromatic rings. The van der Waals surface area contributed by atoms with E-state index in [0.717, 1.165) is 38.2 Å². The molecule has 2 aliphatic rings. The van der Waals surface area contributed by atoms with Crippen LogP contribution in [0.15, 0.2) is 24.4 Å². The highest BCUT2D eigenvalue weighted by atomic mass is 16.5. The average molecular weight is 382 g/mol. The number of aromatic nitrogens is 2. The molecule has 2 aliphatic heterocycles. The monoisotopic (exact) mass is 382 g/mol. The average Bonchev–Trinajstić information content (AvgIpc) is 2.78. The number of carbonyl (C=O) groups is 1. The number of ether oxygens (including phenoxy) is 2. The van der Waals surface area contributed by atoms with Crippen molar-refractivity contribution in [3.63, 3.8) is 0 Å². The Kier molecular flexibility index (Phi) is 5.43. The lowest BCUT2D eigenvalue weighted by atomic mass is 9.94. The van der Waals surface area contributed by atoms with Gasteiger partial charge in [-0.05, 0) is 25.0 Å². The summed E-state index contributed by atoms with van der Waals surface area (Å²) in [6.45, 7) is 3.22. The van der Waals surface area contributed by atoms with Gasteiger partial charge in [-0.3, -0.25) is 4.79 Å². The summed E-state index contributed by atoms with van der Waals surface area (Å²) in [5.41, 5.74) is 2.94. The quantitative estimate of drug-likeness (QED) is 0.873. The van der Waals surface area contributed by atoms with E-state index in [-0.39, 0.29) is 5.91 Å². The Morgan fingerprint density at radius 2 is 2.04 bits per heavy atom. The number of rotatable bonds is 4. The van der Waals surface area contributed by atoms with Crippen LogP contribution in [0, 0.1) is 0 Å². The highest BCUT2D eigenvalue weighted by Gasteiger charge is 2.28. The van der Waals surface area contributed by atoms with Crippen molar-refractivity contribution in [3.05, 3.63) is 47.0 Å². The molecule has 1 N–H and O–H groups in total. The number of likely N-dealkylation sites (tertiary alicyclic amines) is 1. The molecular formula is C21H26N4O3. The van der Waals surface area contributed by atoms with Crippen molar-refractivity contribution in [3.8, 4) is 11.5 Å².